The predicted octanol–water partition coefficient (Wildman–Crippen LogP) is 3.05. The molecule has 0 saturated heterocycles. The van der Waals surface area contributed by atoms with Gasteiger partial charge in [0, 0.05) is 18.8 Å². The van der Waals surface area contributed by atoms with Crippen molar-refractivity contribution in [1.29, 1.82) is 0 Å². The van der Waals surface area contributed by atoms with Crippen LogP contribution < -0.4 is 4.90 Å². The summed E-state index contributed by atoms with van der Waals surface area (Å²) in [5.41, 5.74) is 2.60. The lowest BCUT2D eigenvalue weighted by Gasteiger charge is -2.21. The minimum absolute atomic E-state index is 1.02. The van der Waals surface area contributed by atoms with Crippen molar-refractivity contribution in [3.8, 4) is 0 Å². The van der Waals surface area contributed by atoms with Crippen LogP contribution in [0.3, 0.4) is 0 Å². The maximum Gasteiger partial charge on any atom is 0.129 e. The molecule has 0 aliphatic heterocycles. The number of hydrogen-bond donors (Lipinski definition) is 0. The van der Waals surface area contributed by atoms with E-state index >= 15 is 0 Å². The summed E-state index contributed by atoms with van der Waals surface area (Å²) >= 11 is 0. The SMILES string of the molecule is CCc1cc(CC)nc(N(CC)CC)c1. The summed E-state index contributed by atoms with van der Waals surface area (Å²) in [6.07, 6.45) is 2.10. The number of pyridine rings is 1. The van der Waals surface area contributed by atoms with Crippen molar-refractivity contribution in [3.63, 3.8) is 0 Å². The highest BCUT2D eigenvalue weighted by atomic mass is 15.2. The van der Waals surface area contributed by atoms with Crippen molar-refractivity contribution in [1.82, 2.24) is 4.98 Å². The Morgan fingerprint density at radius 1 is 1.00 bits per heavy atom. The molecule has 0 amide bonds. The summed E-state index contributed by atoms with van der Waals surface area (Å²) in [5.74, 6) is 1.14. The summed E-state index contributed by atoms with van der Waals surface area (Å²) in [6, 6.07) is 4.43. The molecule has 84 valence electrons. The van der Waals surface area contributed by atoms with Crippen molar-refractivity contribution in [2.75, 3.05) is 18.0 Å². The molecule has 0 aromatic carbocycles. The quantitative estimate of drug-likeness (QED) is 0.736. The van der Waals surface area contributed by atoms with Gasteiger partial charge in [0.05, 0.1) is 0 Å². The molecule has 0 unspecified atom stereocenters. The number of rotatable bonds is 5. The van der Waals surface area contributed by atoms with Crippen LogP contribution in [0.5, 0.6) is 0 Å². The summed E-state index contributed by atoms with van der Waals surface area (Å²) < 4.78 is 0. The van der Waals surface area contributed by atoms with E-state index in [-0.39, 0.29) is 0 Å². The van der Waals surface area contributed by atoms with Gasteiger partial charge in [0.15, 0.2) is 0 Å². The second-order valence-electron chi connectivity index (χ2n) is 3.70. The Hall–Kier alpha value is -1.05. The Balaban J connectivity index is 3.05. The molecule has 1 aromatic rings. The van der Waals surface area contributed by atoms with Gasteiger partial charge in [-0.15, -0.1) is 0 Å². The van der Waals surface area contributed by atoms with Crippen LogP contribution in [0.4, 0.5) is 5.82 Å². The summed E-state index contributed by atoms with van der Waals surface area (Å²) in [5, 5.41) is 0. The largest absolute Gasteiger partial charge is 0.357 e. The Kier molecular flexibility index (Phi) is 4.60. The number of aromatic nitrogens is 1. The van der Waals surface area contributed by atoms with Crippen LogP contribution in [0.2, 0.25) is 0 Å². The van der Waals surface area contributed by atoms with Gasteiger partial charge >= 0.3 is 0 Å². The molecule has 1 heterocycles. The third-order valence-corrected chi connectivity index (χ3v) is 2.78. The molecule has 0 fully saturated rings. The van der Waals surface area contributed by atoms with E-state index in [0.29, 0.717) is 0 Å². The molecule has 0 N–H and O–H groups in total. The lowest BCUT2D eigenvalue weighted by molar-refractivity contribution is 0.833. The molecule has 15 heavy (non-hydrogen) atoms. The first-order chi connectivity index (χ1) is 7.24. The van der Waals surface area contributed by atoms with E-state index < -0.39 is 0 Å². The molecular formula is C13H22N2. The van der Waals surface area contributed by atoms with Crippen molar-refractivity contribution in [2.45, 2.75) is 40.5 Å². The average molecular weight is 206 g/mol. The van der Waals surface area contributed by atoms with E-state index in [1.165, 1.54) is 11.3 Å². The first-order valence-corrected chi connectivity index (χ1v) is 5.99. The zero-order chi connectivity index (χ0) is 11.3. The maximum absolute atomic E-state index is 4.67. The molecule has 1 aromatic heterocycles. The van der Waals surface area contributed by atoms with Crippen molar-refractivity contribution in [2.24, 2.45) is 0 Å². The highest BCUT2D eigenvalue weighted by Gasteiger charge is 2.05. The van der Waals surface area contributed by atoms with Crippen molar-refractivity contribution >= 4 is 5.82 Å². The molecule has 0 aliphatic rings. The van der Waals surface area contributed by atoms with Crippen LogP contribution in [0, 0.1) is 0 Å². The molecule has 0 bridgehead atoms. The smallest absolute Gasteiger partial charge is 0.129 e. The average Bonchev–Trinajstić information content (AvgIpc) is 2.30. The monoisotopic (exact) mass is 206 g/mol. The second-order valence-corrected chi connectivity index (χ2v) is 3.70. The zero-order valence-electron chi connectivity index (χ0n) is 10.4. The number of aryl methyl sites for hydroxylation is 2. The Bertz CT molecular complexity index is 281. The van der Waals surface area contributed by atoms with E-state index in [1.807, 2.05) is 0 Å². The molecule has 0 atom stereocenters. The minimum Gasteiger partial charge on any atom is -0.357 e. The van der Waals surface area contributed by atoms with E-state index in [9.17, 15) is 0 Å². The van der Waals surface area contributed by atoms with Crippen LogP contribution in [-0.2, 0) is 12.8 Å². The van der Waals surface area contributed by atoms with Gasteiger partial charge in [0.25, 0.3) is 0 Å². The van der Waals surface area contributed by atoms with Crippen LogP contribution in [0.15, 0.2) is 12.1 Å². The van der Waals surface area contributed by atoms with Gasteiger partial charge in [0.2, 0.25) is 0 Å². The van der Waals surface area contributed by atoms with E-state index in [1.54, 1.807) is 0 Å². The lowest BCUT2D eigenvalue weighted by Crippen LogP contribution is -2.23. The first-order valence-electron chi connectivity index (χ1n) is 5.99. The van der Waals surface area contributed by atoms with Gasteiger partial charge in [-0.2, -0.15) is 0 Å². The third-order valence-electron chi connectivity index (χ3n) is 2.78. The van der Waals surface area contributed by atoms with Crippen LogP contribution in [0.1, 0.15) is 39.0 Å². The predicted molar refractivity (Wildman–Crippen MR) is 66.6 cm³/mol. The van der Waals surface area contributed by atoms with Gasteiger partial charge in [-0.1, -0.05) is 13.8 Å². The van der Waals surface area contributed by atoms with Gasteiger partial charge in [-0.3, -0.25) is 0 Å². The molecule has 0 aliphatic carbocycles. The Morgan fingerprint density at radius 3 is 2.13 bits per heavy atom. The fraction of sp³-hybridized carbons (Fsp3) is 0.615. The number of nitrogens with zero attached hydrogens (tertiary/aromatic N) is 2. The molecule has 0 saturated carbocycles. The Labute approximate surface area is 93.3 Å². The van der Waals surface area contributed by atoms with Gasteiger partial charge in [-0.25, -0.2) is 4.98 Å². The standard InChI is InChI=1S/C13H22N2/c1-5-11-9-12(6-2)14-13(10-11)15(7-3)8-4/h9-10H,5-8H2,1-4H3. The first kappa shape index (κ1) is 12.0. The van der Waals surface area contributed by atoms with Gasteiger partial charge < -0.3 is 4.90 Å². The van der Waals surface area contributed by atoms with E-state index in [2.05, 4.69) is 49.7 Å². The maximum atomic E-state index is 4.67. The highest BCUT2D eigenvalue weighted by molar-refractivity contribution is 5.42. The molecule has 1 rings (SSSR count). The van der Waals surface area contributed by atoms with Gasteiger partial charge in [0.1, 0.15) is 5.82 Å². The van der Waals surface area contributed by atoms with Crippen molar-refractivity contribution < 1.29 is 0 Å². The summed E-state index contributed by atoms with van der Waals surface area (Å²) in [7, 11) is 0. The molecule has 2 heteroatoms. The molecule has 2 nitrogen and oxygen atoms in total. The third kappa shape index (κ3) is 2.95. The fourth-order valence-corrected chi connectivity index (χ4v) is 1.73. The molecule has 0 spiro atoms. The topological polar surface area (TPSA) is 16.1 Å². The van der Waals surface area contributed by atoms with Crippen molar-refractivity contribution in [3.05, 3.63) is 23.4 Å². The Morgan fingerprint density at radius 2 is 1.67 bits per heavy atom. The zero-order valence-corrected chi connectivity index (χ0v) is 10.4. The lowest BCUT2D eigenvalue weighted by atomic mass is 10.1. The van der Waals surface area contributed by atoms with E-state index in [4.69, 9.17) is 0 Å². The van der Waals surface area contributed by atoms with Crippen LogP contribution >= 0.6 is 0 Å². The summed E-state index contributed by atoms with van der Waals surface area (Å²) in [4.78, 5) is 6.97. The highest BCUT2D eigenvalue weighted by Crippen LogP contribution is 2.15. The van der Waals surface area contributed by atoms with Crippen LogP contribution in [-0.4, -0.2) is 18.1 Å². The fourth-order valence-electron chi connectivity index (χ4n) is 1.73. The number of hydrogen-bond acceptors (Lipinski definition) is 2. The van der Waals surface area contributed by atoms with Crippen LogP contribution in [0.25, 0.3) is 0 Å². The number of anilines is 1. The summed E-state index contributed by atoms with van der Waals surface area (Å²) in [6.45, 7) is 10.8. The van der Waals surface area contributed by atoms with E-state index in [0.717, 1.165) is 31.7 Å². The molecule has 0 radical (unpaired) electrons. The normalized spacial score (nSPS) is 10.4. The van der Waals surface area contributed by atoms with Gasteiger partial charge in [-0.05, 0) is 44.4 Å². The molecular weight excluding hydrogens is 184 g/mol. The second kappa shape index (κ2) is 5.74. The minimum atomic E-state index is 1.02.